The average molecular weight is 351 g/mol. The molecule has 0 heterocycles. The van der Waals surface area contributed by atoms with Gasteiger partial charge in [0.2, 0.25) is 5.91 Å². The largest absolute Gasteiger partial charge is 1.00 e. The van der Waals surface area contributed by atoms with Crippen molar-refractivity contribution >= 4 is 29.3 Å². The second-order valence-corrected chi connectivity index (χ2v) is 6.07. The SMILES string of the molecule is CSc1ccc(NC(=O)CC(Cc2ccccc2)C(=O)[O-])cc1.[Na+]. The predicted octanol–water partition coefficient (Wildman–Crippen LogP) is -0.650. The molecule has 2 rings (SSSR count). The van der Waals surface area contributed by atoms with Crippen molar-refractivity contribution in [3.8, 4) is 0 Å². The molecule has 1 amide bonds. The van der Waals surface area contributed by atoms with E-state index in [2.05, 4.69) is 5.32 Å². The van der Waals surface area contributed by atoms with Gasteiger partial charge in [-0.2, -0.15) is 0 Å². The monoisotopic (exact) mass is 351 g/mol. The van der Waals surface area contributed by atoms with E-state index in [4.69, 9.17) is 0 Å². The van der Waals surface area contributed by atoms with Crippen LogP contribution < -0.4 is 40.0 Å². The summed E-state index contributed by atoms with van der Waals surface area (Å²) in [5.41, 5.74) is 1.53. The van der Waals surface area contributed by atoms with E-state index in [0.717, 1.165) is 10.5 Å². The average Bonchev–Trinajstić information content (AvgIpc) is 2.56. The van der Waals surface area contributed by atoms with Gasteiger partial charge in [-0.05, 0) is 42.5 Å². The number of rotatable bonds is 7. The van der Waals surface area contributed by atoms with Crippen LogP contribution in [0.4, 0.5) is 5.69 Å². The van der Waals surface area contributed by atoms with Gasteiger partial charge in [0.15, 0.2) is 0 Å². The number of anilines is 1. The van der Waals surface area contributed by atoms with E-state index in [9.17, 15) is 14.7 Å². The molecule has 2 aromatic carbocycles. The quantitative estimate of drug-likeness (QED) is 0.532. The fourth-order valence-corrected chi connectivity index (χ4v) is 2.66. The minimum atomic E-state index is -1.21. The zero-order valence-corrected chi connectivity index (χ0v) is 16.6. The molecule has 120 valence electrons. The van der Waals surface area contributed by atoms with Crippen LogP contribution >= 0.6 is 11.8 Å². The maximum absolute atomic E-state index is 12.1. The Labute approximate surface area is 168 Å². The molecule has 0 fully saturated rings. The Hall–Kier alpha value is -1.27. The van der Waals surface area contributed by atoms with Gasteiger partial charge in [0.25, 0.3) is 0 Å². The first kappa shape index (κ1) is 20.8. The van der Waals surface area contributed by atoms with Crippen LogP contribution in [0.3, 0.4) is 0 Å². The molecule has 4 nitrogen and oxygen atoms in total. The van der Waals surface area contributed by atoms with E-state index in [1.54, 1.807) is 23.9 Å². The maximum atomic E-state index is 12.1. The molecule has 0 aliphatic heterocycles. The summed E-state index contributed by atoms with van der Waals surface area (Å²) in [7, 11) is 0. The standard InChI is InChI=1S/C18H19NO3S.Na/c1-23-16-9-7-15(8-10-16)19-17(20)12-14(18(21)22)11-13-5-3-2-4-6-13;/h2-10,14H,11-12H2,1H3,(H,19,20)(H,21,22);/q;+1/p-1. The summed E-state index contributed by atoms with van der Waals surface area (Å²) < 4.78 is 0. The van der Waals surface area contributed by atoms with E-state index in [1.807, 2.05) is 48.7 Å². The second-order valence-electron chi connectivity index (χ2n) is 5.19. The summed E-state index contributed by atoms with van der Waals surface area (Å²) in [4.78, 5) is 24.4. The second kappa shape index (κ2) is 10.6. The molecule has 0 spiro atoms. The number of carboxylic acid groups (broad SMARTS) is 1. The first-order valence-electron chi connectivity index (χ1n) is 7.27. The summed E-state index contributed by atoms with van der Waals surface area (Å²) in [6.07, 6.45) is 2.14. The normalized spacial score (nSPS) is 11.2. The number of nitrogens with one attached hydrogen (secondary N) is 1. The van der Waals surface area contributed by atoms with Crippen LogP contribution in [0.1, 0.15) is 12.0 Å². The summed E-state index contributed by atoms with van der Waals surface area (Å²) in [6.45, 7) is 0. The van der Waals surface area contributed by atoms with Crippen LogP contribution in [-0.4, -0.2) is 18.1 Å². The third-order valence-electron chi connectivity index (χ3n) is 3.46. The first-order valence-corrected chi connectivity index (χ1v) is 8.49. The van der Waals surface area contributed by atoms with Gasteiger partial charge >= 0.3 is 29.6 Å². The Morgan fingerprint density at radius 2 is 1.71 bits per heavy atom. The Morgan fingerprint density at radius 1 is 1.08 bits per heavy atom. The number of amides is 1. The van der Waals surface area contributed by atoms with Crippen LogP contribution in [0.25, 0.3) is 0 Å². The van der Waals surface area contributed by atoms with Crippen LogP contribution in [0.2, 0.25) is 0 Å². The fourth-order valence-electron chi connectivity index (χ4n) is 2.25. The first-order chi connectivity index (χ1) is 11.1. The molecule has 0 aliphatic carbocycles. The van der Waals surface area contributed by atoms with Gasteiger partial charge in [-0.15, -0.1) is 11.8 Å². The third-order valence-corrected chi connectivity index (χ3v) is 4.21. The Morgan fingerprint density at radius 3 is 2.25 bits per heavy atom. The summed E-state index contributed by atoms with van der Waals surface area (Å²) in [6, 6.07) is 16.6. The predicted molar refractivity (Wildman–Crippen MR) is 90.1 cm³/mol. The molecule has 0 aliphatic rings. The van der Waals surface area contributed by atoms with Gasteiger partial charge in [-0.25, -0.2) is 0 Å². The van der Waals surface area contributed by atoms with Crippen molar-refractivity contribution in [1.82, 2.24) is 0 Å². The molecule has 1 N–H and O–H groups in total. The molecule has 6 heteroatoms. The smallest absolute Gasteiger partial charge is 0.550 e. The zero-order chi connectivity index (χ0) is 16.7. The van der Waals surface area contributed by atoms with Crippen LogP contribution in [-0.2, 0) is 16.0 Å². The number of carboxylic acids is 1. The molecular formula is C18H18NNaO3S. The Balaban J connectivity index is 0.00000288. The number of aliphatic carboxylic acids is 1. The van der Waals surface area contributed by atoms with Gasteiger partial charge in [0.1, 0.15) is 0 Å². The van der Waals surface area contributed by atoms with Crippen molar-refractivity contribution in [2.45, 2.75) is 17.7 Å². The van der Waals surface area contributed by atoms with Gasteiger partial charge in [0.05, 0.1) is 0 Å². The summed E-state index contributed by atoms with van der Waals surface area (Å²) in [5, 5.41) is 14.0. The number of thioether (sulfide) groups is 1. The molecular weight excluding hydrogens is 333 g/mol. The van der Waals surface area contributed by atoms with E-state index < -0.39 is 11.9 Å². The van der Waals surface area contributed by atoms with Gasteiger partial charge in [0, 0.05) is 28.9 Å². The van der Waals surface area contributed by atoms with Crippen molar-refractivity contribution < 1.29 is 44.3 Å². The van der Waals surface area contributed by atoms with Crippen molar-refractivity contribution in [1.29, 1.82) is 0 Å². The molecule has 0 saturated carbocycles. The molecule has 0 aromatic heterocycles. The van der Waals surface area contributed by atoms with Gasteiger partial charge < -0.3 is 15.2 Å². The zero-order valence-electron chi connectivity index (χ0n) is 13.8. The Kier molecular flexibility index (Phi) is 9.14. The van der Waals surface area contributed by atoms with Crippen molar-refractivity contribution in [2.24, 2.45) is 5.92 Å². The molecule has 24 heavy (non-hydrogen) atoms. The minimum absolute atomic E-state index is 0. The summed E-state index contributed by atoms with van der Waals surface area (Å²) in [5.74, 6) is -2.38. The van der Waals surface area contributed by atoms with Crippen LogP contribution in [0.15, 0.2) is 59.5 Å². The van der Waals surface area contributed by atoms with Crippen LogP contribution in [0, 0.1) is 5.92 Å². The number of benzene rings is 2. The third kappa shape index (κ3) is 6.69. The van der Waals surface area contributed by atoms with Gasteiger partial charge in [-0.3, -0.25) is 4.79 Å². The molecule has 0 radical (unpaired) electrons. The molecule has 1 unspecified atom stereocenters. The van der Waals surface area contributed by atoms with E-state index in [1.165, 1.54) is 0 Å². The number of carbonyl (C=O) groups is 2. The van der Waals surface area contributed by atoms with E-state index in [0.29, 0.717) is 5.69 Å². The minimum Gasteiger partial charge on any atom is -0.550 e. The maximum Gasteiger partial charge on any atom is 1.00 e. The number of hydrogen-bond acceptors (Lipinski definition) is 4. The van der Waals surface area contributed by atoms with E-state index >= 15 is 0 Å². The van der Waals surface area contributed by atoms with Gasteiger partial charge in [-0.1, -0.05) is 30.3 Å². The van der Waals surface area contributed by atoms with Crippen molar-refractivity contribution in [3.05, 3.63) is 60.2 Å². The van der Waals surface area contributed by atoms with E-state index in [-0.39, 0.29) is 48.3 Å². The summed E-state index contributed by atoms with van der Waals surface area (Å²) >= 11 is 1.61. The molecule has 1 atom stereocenters. The molecule has 0 bridgehead atoms. The van der Waals surface area contributed by atoms with Crippen LogP contribution in [0.5, 0.6) is 0 Å². The number of carbonyl (C=O) groups excluding carboxylic acids is 2. The Bertz CT molecular complexity index is 662. The van der Waals surface area contributed by atoms with Crippen molar-refractivity contribution in [3.63, 3.8) is 0 Å². The topological polar surface area (TPSA) is 69.2 Å². The number of hydrogen-bond donors (Lipinski definition) is 1. The molecule has 0 saturated heterocycles. The molecule has 2 aromatic rings. The van der Waals surface area contributed by atoms with Crippen molar-refractivity contribution in [2.75, 3.05) is 11.6 Å². The fraction of sp³-hybridized carbons (Fsp3) is 0.222.